The van der Waals surface area contributed by atoms with E-state index >= 15 is 0 Å². The second-order valence-electron chi connectivity index (χ2n) is 10.1. The number of alkyl carbamates (subject to hydrolysis) is 1. The highest BCUT2D eigenvalue weighted by Crippen LogP contribution is 2.30. The molecule has 0 saturated carbocycles. The van der Waals surface area contributed by atoms with Crippen LogP contribution in [0.4, 0.5) is 4.79 Å². The van der Waals surface area contributed by atoms with Gasteiger partial charge in [-0.2, -0.15) is 4.98 Å². The number of imidazole rings is 1. The van der Waals surface area contributed by atoms with E-state index in [2.05, 4.69) is 37.1 Å². The number of nitrogens with one attached hydrogen (secondary N) is 1. The number of ether oxygens (including phenoxy) is 2. The zero-order chi connectivity index (χ0) is 25.1. The molecule has 1 aliphatic rings. The first-order valence-electron chi connectivity index (χ1n) is 11.8. The van der Waals surface area contributed by atoms with Gasteiger partial charge in [0.05, 0.1) is 30.3 Å². The van der Waals surface area contributed by atoms with Crippen molar-refractivity contribution in [2.75, 3.05) is 6.61 Å². The maximum Gasteiger partial charge on any atom is 0.408 e. The van der Waals surface area contributed by atoms with E-state index in [9.17, 15) is 4.79 Å². The molecule has 4 rings (SSSR count). The van der Waals surface area contributed by atoms with Crippen LogP contribution in [0.1, 0.15) is 59.2 Å². The summed E-state index contributed by atoms with van der Waals surface area (Å²) in [7, 11) is 0. The van der Waals surface area contributed by atoms with Gasteiger partial charge in [0.25, 0.3) is 0 Å². The fourth-order valence-electron chi connectivity index (χ4n) is 3.79. The molecule has 1 unspecified atom stereocenters. The average Bonchev–Trinajstić information content (AvgIpc) is 3.53. The van der Waals surface area contributed by atoms with Crippen molar-refractivity contribution >= 4 is 17.9 Å². The summed E-state index contributed by atoms with van der Waals surface area (Å²) in [6, 6.07) is 10.2. The van der Waals surface area contributed by atoms with E-state index in [1.54, 1.807) is 13.8 Å². The molecule has 0 radical (unpaired) electrons. The van der Waals surface area contributed by atoms with Gasteiger partial charge in [0, 0.05) is 6.61 Å². The number of hydrogen-bond acceptors (Lipinski definition) is 8. The summed E-state index contributed by atoms with van der Waals surface area (Å²) in [5, 5.41) is 7.76. The number of rotatable bonds is 8. The number of carbonyl (C=O) groups excluding carboxylic acids is 1. The van der Waals surface area contributed by atoms with Crippen molar-refractivity contribution in [2.45, 2.75) is 82.2 Å². The zero-order valence-electron chi connectivity index (χ0n) is 20.9. The molecule has 0 bridgehead atoms. The predicted octanol–water partition coefficient (Wildman–Crippen LogP) is 5.16. The lowest BCUT2D eigenvalue weighted by Crippen LogP contribution is -2.44. The Kier molecular flexibility index (Phi) is 7.51. The van der Waals surface area contributed by atoms with E-state index in [0.29, 0.717) is 17.5 Å². The van der Waals surface area contributed by atoms with E-state index in [-0.39, 0.29) is 6.10 Å². The SMILES string of the molecule is CC(C)(C)OC(=O)NC(C)(C)c1noc(CSc2ncc(-c3ccccc3)n2CC2CCCO2)n1. The molecular formula is C25H33N5O4S. The van der Waals surface area contributed by atoms with Crippen LogP contribution in [0.2, 0.25) is 0 Å². The number of thioether (sulfide) groups is 1. The van der Waals surface area contributed by atoms with Gasteiger partial charge in [-0.1, -0.05) is 47.3 Å². The summed E-state index contributed by atoms with van der Waals surface area (Å²) in [5.74, 6) is 1.29. The van der Waals surface area contributed by atoms with Gasteiger partial charge in [0.1, 0.15) is 11.1 Å². The minimum atomic E-state index is -0.854. The van der Waals surface area contributed by atoms with Crippen LogP contribution in [0, 0.1) is 0 Å². The minimum absolute atomic E-state index is 0.181. The number of aromatic nitrogens is 4. The Labute approximate surface area is 210 Å². The molecule has 1 atom stereocenters. The van der Waals surface area contributed by atoms with Crippen LogP contribution in [0.3, 0.4) is 0 Å². The highest BCUT2D eigenvalue weighted by atomic mass is 32.2. The number of hydrogen-bond donors (Lipinski definition) is 1. The van der Waals surface area contributed by atoms with Crippen molar-refractivity contribution in [1.29, 1.82) is 0 Å². The third-order valence-corrected chi connectivity index (χ3v) is 6.44. The standard InChI is InChI=1S/C25H33N5O4S/c1-24(2,3)33-23(31)28-25(4,5)21-27-20(34-29-21)16-35-22-26-14-19(17-10-7-6-8-11-17)30(22)15-18-12-9-13-32-18/h6-8,10-11,14,18H,9,12-13,15-16H2,1-5H3,(H,28,31). The van der Waals surface area contributed by atoms with Crippen LogP contribution in [0.15, 0.2) is 46.2 Å². The second-order valence-corrected chi connectivity index (χ2v) is 11.0. The third-order valence-electron chi connectivity index (χ3n) is 5.46. The van der Waals surface area contributed by atoms with Crippen LogP contribution in [0.5, 0.6) is 0 Å². The molecule has 0 aliphatic carbocycles. The summed E-state index contributed by atoms with van der Waals surface area (Å²) in [6.07, 6.45) is 3.68. The van der Waals surface area contributed by atoms with E-state index in [0.717, 1.165) is 42.4 Å². The Hall–Kier alpha value is -2.85. The second kappa shape index (κ2) is 10.4. The normalized spacial score (nSPS) is 16.4. The topological polar surface area (TPSA) is 104 Å². The lowest BCUT2D eigenvalue weighted by Gasteiger charge is -2.26. The molecule has 3 heterocycles. The first kappa shape index (κ1) is 25.2. The Morgan fingerprint density at radius 2 is 2.00 bits per heavy atom. The molecular weight excluding hydrogens is 466 g/mol. The van der Waals surface area contributed by atoms with Crippen molar-refractivity contribution in [1.82, 2.24) is 25.0 Å². The maximum atomic E-state index is 12.2. The van der Waals surface area contributed by atoms with E-state index < -0.39 is 17.2 Å². The highest BCUT2D eigenvalue weighted by Gasteiger charge is 2.31. The van der Waals surface area contributed by atoms with Crippen LogP contribution >= 0.6 is 11.8 Å². The Balaban J connectivity index is 1.46. The van der Waals surface area contributed by atoms with Crippen molar-refractivity contribution in [2.24, 2.45) is 0 Å². The molecule has 35 heavy (non-hydrogen) atoms. The molecule has 9 nitrogen and oxygen atoms in total. The van der Waals surface area contributed by atoms with Crippen LogP contribution in [-0.4, -0.2) is 44.1 Å². The smallest absolute Gasteiger partial charge is 0.408 e. The number of amides is 1. The molecule has 1 aliphatic heterocycles. The average molecular weight is 500 g/mol. The molecule has 10 heteroatoms. The quantitative estimate of drug-likeness (QED) is 0.424. The Morgan fingerprint density at radius 3 is 2.69 bits per heavy atom. The summed E-state index contributed by atoms with van der Waals surface area (Å²) >= 11 is 1.53. The van der Waals surface area contributed by atoms with Gasteiger partial charge in [-0.15, -0.1) is 0 Å². The van der Waals surface area contributed by atoms with Gasteiger partial charge in [-0.05, 0) is 53.0 Å². The first-order valence-corrected chi connectivity index (χ1v) is 12.8. The molecule has 1 N–H and O–H groups in total. The van der Waals surface area contributed by atoms with Gasteiger partial charge in [0.2, 0.25) is 5.89 Å². The highest BCUT2D eigenvalue weighted by molar-refractivity contribution is 7.98. The monoisotopic (exact) mass is 499 g/mol. The Bertz CT molecular complexity index is 1130. The number of carbonyl (C=O) groups is 1. The van der Waals surface area contributed by atoms with Crippen LogP contribution < -0.4 is 5.32 Å². The molecule has 1 aromatic carbocycles. The largest absolute Gasteiger partial charge is 0.444 e. The summed E-state index contributed by atoms with van der Waals surface area (Å²) in [5.41, 5.74) is 0.717. The van der Waals surface area contributed by atoms with Gasteiger partial charge >= 0.3 is 6.09 Å². The van der Waals surface area contributed by atoms with Crippen molar-refractivity contribution < 1.29 is 18.8 Å². The zero-order valence-corrected chi connectivity index (χ0v) is 21.7. The molecule has 0 spiro atoms. The van der Waals surface area contributed by atoms with Gasteiger partial charge < -0.3 is 23.9 Å². The first-order chi connectivity index (χ1) is 16.6. The number of benzene rings is 1. The molecule has 188 valence electrons. The van der Waals surface area contributed by atoms with Gasteiger partial charge in [-0.25, -0.2) is 9.78 Å². The fourth-order valence-corrected chi connectivity index (χ4v) is 4.62. The van der Waals surface area contributed by atoms with E-state index in [4.69, 9.17) is 14.0 Å². The number of nitrogens with zero attached hydrogens (tertiary/aromatic N) is 4. The molecule has 1 saturated heterocycles. The predicted molar refractivity (Wildman–Crippen MR) is 133 cm³/mol. The lowest BCUT2D eigenvalue weighted by molar-refractivity contribution is 0.0465. The molecule has 3 aromatic rings. The van der Waals surface area contributed by atoms with Crippen LogP contribution in [-0.2, 0) is 27.3 Å². The summed E-state index contributed by atoms with van der Waals surface area (Å²) in [4.78, 5) is 21.4. The van der Waals surface area contributed by atoms with Crippen molar-refractivity contribution in [3.05, 3.63) is 48.2 Å². The lowest BCUT2D eigenvalue weighted by atomic mass is 10.1. The fraction of sp³-hybridized carbons (Fsp3) is 0.520. The van der Waals surface area contributed by atoms with E-state index in [1.807, 2.05) is 45.2 Å². The minimum Gasteiger partial charge on any atom is -0.444 e. The Morgan fingerprint density at radius 1 is 1.23 bits per heavy atom. The maximum absolute atomic E-state index is 12.2. The molecule has 1 fully saturated rings. The van der Waals surface area contributed by atoms with Crippen LogP contribution in [0.25, 0.3) is 11.3 Å². The summed E-state index contributed by atoms with van der Waals surface area (Å²) < 4.78 is 18.9. The van der Waals surface area contributed by atoms with E-state index in [1.165, 1.54) is 11.8 Å². The van der Waals surface area contributed by atoms with Gasteiger partial charge in [0.15, 0.2) is 11.0 Å². The molecule has 2 aromatic heterocycles. The summed E-state index contributed by atoms with van der Waals surface area (Å²) in [6.45, 7) is 10.6. The molecule has 1 amide bonds. The van der Waals surface area contributed by atoms with Gasteiger partial charge in [-0.3, -0.25) is 0 Å². The third kappa shape index (κ3) is 6.64. The van der Waals surface area contributed by atoms with Crippen molar-refractivity contribution in [3.8, 4) is 11.3 Å². The van der Waals surface area contributed by atoms with Crippen molar-refractivity contribution in [3.63, 3.8) is 0 Å².